The summed E-state index contributed by atoms with van der Waals surface area (Å²) in [6, 6.07) is 7.26. The Labute approximate surface area is 135 Å². The van der Waals surface area contributed by atoms with Gasteiger partial charge in [-0.1, -0.05) is 33.6 Å². The second-order valence-electron chi connectivity index (χ2n) is 4.38. The molecule has 0 aromatic heterocycles. The molecule has 0 unspecified atom stereocenters. The van der Waals surface area contributed by atoms with Gasteiger partial charge in [-0.05, 0) is 36.8 Å². The molecular weight excluding hydrogens is 383 g/mol. The molecule has 0 aliphatic carbocycles. The van der Waals surface area contributed by atoms with E-state index in [4.69, 9.17) is 17.3 Å². The van der Waals surface area contributed by atoms with E-state index in [2.05, 4.69) is 20.7 Å². The SMILES string of the molecule is Cc1ccc(Br)cc1NS(=O)(=O)c1cc(N)cc(Cl)c1F. The first-order valence-electron chi connectivity index (χ1n) is 5.74. The zero-order chi connectivity index (χ0) is 15.8. The van der Waals surface area contributed by atoms with Gasteiger partial charge in [-0.2, -0.15) is 0 Å². The molecule has 0 saturated carbocycles. The third kappa shape index (κ3) is 3.48. The van der Waals surface area contributed by atoms with Gasteiger partial charge in [-0.15, -0.1) is 0 Å². The molecule has 0 aliphatic rings. The second-order valence-corrected chi connectivity index (χ2v) is 7.35. The standard InChI is InChI=1S/C13H11BrClFN2O2S/c1-7-2-3-8(14)4-11(7)18-21(19,20)12-6-9(17)5-10(15)13(12)16/h2-6,18H,17H2,1H3. The first-order valence-corrected chi connectivity index (χ1v) is 8.39. The number of sulfonamides is 1. The highest BCUT2D eigenvalue weighted by atomic mass is 79.9. The summed E-state index contributed by atoms with van der Waals surface area (Å²) >= 11 is 8.88. The molecule has 0 atom stereocenters. The Morgan fingerprint density at radius 1 is 1.29 bits per heavy atom. The number of nitrogen functional groups attached to an aromatic ring is 1. The Morgan fingerprint density at radius 3 is 2.62 bits per heavy atom. The van der Waals surface area contributed by atoms with E-state index < -0.39 is 20.7 Å². The van der Waals surface area contributed by atoms with Crippen LogP contribution in [0.5, 0.6) is 0 Å². The van der Waals surface area contributed by atoms with Crippen molar-refractivity contribution in [1.29, 1.82) is 0 Å². The lowest BCUT2D eigenvalue weighted by molar-refractivity contribution is 0.571. The summed E-state index contributed by atoms with van der Waals surface area (Å²) in [4.78, 5) is -0.591. The number of benzene rings is 2. The smallest absolute Gasteiger partial charge is 0.264 e. The van der Waals surface area contributed by atoms with Gasteiger partial charge in [0.15, 0.2) is 5.82 Å². The molecule has 0 saturated heterocycles. The van der Waals surface area contributed by atoms with E-state index in [0.717, 1.165) is 12.1 Å². The van der Waals surface area contributed by atoms with Gasteiger partial charge < -0.3 is 5.73 Å². The van der Waals surface area contributed by atoms with E-state index in [-0.39, 0.29) is 10.7 Å². The summed E-state index contributed by atoms with van der Waals surface area (Å²) in [5, 5.41) is -0.346. The average molecular weight is 394 g/mol. The molecule has 0 fully saturated rings. The molecule has 112 valence electrons. The van der Waals surface area contributed by atoms with Crippen LogP contribution in [0.2, 0.25) is 5.02 Å². The van der Waals surface area contributed by atoms with Crippen LogP contribution in [0.4, 0.5) is 15.8 Å². The lowest BCUT2D eigenvalue weighted by Crippen LogP contribution is -2.16. The number of hydrogen-bond acceptors (Lipinski definition) is 3. The molecule has 2 aromatic carbocycles. The maximum atomic E-state index is 13.9. The average Bonchev–Trinajstić information content (AvgIpc) is 2.37. The van der Waals surface area contributed by atoms with E-state index in [1.807, 2.05) is 0 Å². The van der Waals surface area contributed by atoms with Crippen molar-refractivity contribution in [3.8, 4) is 0 Å². The van der Waals surface area contributed by atoms with Crippen molar-refractivity contribution >= 4 is 48.9 Å². The minimum Gasteiger partial charge on any atom is -0.399 e. The predicted octanol–water partition coefficient (Wildman–Crippen LogP) is 3.93. The number of halogens is 3. The van der Waals surface area contributed by atoms with Gasteiger partial charge in [0.25, 0.3) is 10.0 Å². The van der Waals surface area contributed by atoms with Crippen molar-refractivity contribution in [2.75, 3.05) is 10.5 Å². The topological polar surface area (TPSA) is 72.2 Å². The van der Waals surface area contributed by atoms with Gasteiger partial charge >= 0.3 is 0 Å². The molecule has 0 radical (unpaired) electrons. The van der Waals surface area contributed by atoms with Gasteiger partial charge in [0.2, 0.25) is 0 Å². The van der Waals surface area contributed by atoms with Crippen LogP contribution in [0.25, 0.3) is 0 Å². The largest absolute Gasteiger partial charge is 0.399 e. The second kappa shape index (κ2) is 5.82. The van der Waals surface area contributed by atoms with Crippen molar-refractivity contribution in [2.24, 2.45) is 0 Å². The van der Waals surface area contributed by atoms with Gasteiger partial charge in [0.05, 0.1) is 10.7 Å². The van der Waals surface area contributed by atoms with Crippen molar-refractivity contribution in [3.63, 3.8) is 0 Å². The van der Waals surface area contributed by atoms with Crippen molar-refractivity contribution in [2.45, 2.75) is 11.8 Å². The molecule has 2 rings (SSSR count). The minimum atomic E-state index is -4.14. The fourth-order valence-corrected chi connectivity index (χ4v) is 3.58. The highest BCUT2D eigenvalue weighted by Crippen LogP contribution is 2.29. The maximum absolute atomic E-state index is 13.9. The highest BCUT2D eigenvalue weighted by Gasteiger charge is 2.22. The molecule has 0 heterocycles. The summed E-state index contributed by atoms with van der Waals surface area (Å²) in [7, 11) is -4.14. The molecule has 3 N–H and O–H groups in total. The number of nitrogens with one attached hydrogen (secondary N) is 1. The van der Waals surface area contributed by atoms with Crippen LogP contribution < -0.4 is 10.5 Å². The van der Waals surface area contributed by atoms with Crippen molar-refractivity contribution < 1.29 is 12.8 Å². The van der Waals surface area contributed by atoms with Crippen LogP contribution >= 0.6 is 27.5 Å². The molecule has 0 aliphatic heterocycles. The van der Waals surface area contributed by atoms with Gasteiger partial charge in [0, 0.05) is 10.2 Å². The van der Waals surface area contributed by atoms with Gasteiger partial charge in [-0.25, -0.2) is 12.8 Å². The zero-order valence-corrected chi connectivity index (χ0v) is 14.0. The van der Waals surface area contributed by atoms with Crippen LogP contribution in [-0.2, 0) is 10.0 Å². The highest BCUT2D eigenvalue weighted by molar-refractivity contribution is 9.10. The zero-order valence-electron chi connectivity index (χ0n) is 10.8. The molecule has 8 heteroatoms. The third-order valence-corrected chi connectivity index (χ3v) is 4.88. The van der Waals surface area contributed by atoms with E-state index in [1.165, 1.54) is 0 Å². The molecular formula is C13H11BrClFN2O2S. The summed E-state index contributed by atoms with van der Waals surface area (Å²) in [6.07, 6.45) is 0. The van der Waals surface area contributed by atoms with Crippen molar-refractivity contribution in [1.82, 2.24) is 0 Å². The monoisotopic (exact) mass is 392 g/mol. The molecule has 0 spiro atoms. The molecule has 2 aromatic rings. The summed E-state index contributed by atoms with van der Waals surface area (Å²) < 4.78 is 41.6. The first-order chi connectivity index (χ1) is 9.70. The molecule has 0 bridgehead atoms. The van der Waals surface area contributed by atoms with E-state index in [1.54, 1.807) is 25.1 Å². The summed E-state index contributed by atoms with van der Waals surface area (Å²) in [5.41, 5.74) is 6.61. The number of rotatable bonds is 3. The summed E-state index contributed by atoms with van der Waals surface area (Å²) in [6.45, 7) is 1.73. The van der Waals surface area contributed by atoms with Crippen LogP contribution in [0.15, 0.2) is 39.7 Å². The quantitative estimate of drug-likeness (QED) is 0.776. The first kappa shape index (κ1) is 16.1. The van der Waals surface area contributed by atoms with Crippen LogP contribution in [0.3, 0.4) is 0 Å². The van der Waals surface area contributed by atoms with Crippen LogP contribution in [0, 0.1) is 12.7 Å². The van der Waals surface area contributed by atoms with Gasteiger partial charge in [0.1, 0.15) is 4.90 Å². The van der Waals surface area contributed by atoms with Crippen LogP contribution in [-0.4, -0.2) is 8.42 Å². The normalized spacial score (nSPS) is 11.4. The number of aryl methyl sites for hydroxylation is 1. The predicted molar refractivity (Wildman–Crippen MR) is 85.5 cm³/mol. The molecule has 21 heavy (non-hydrogen) atoms. The Kier molecular flexibility index (Phi) is 4.46. The van der Waals surface area contributed by atoms with E-state index in [9.17, 15) is 12.8 Å². The lowest BCUT2D eigenvalue weighted by atomic mass is 10.2. The number of hydrogen-bond donors (Lipinski definition) is 2. The maximum Gasteiger partial charge on any atom is 0.264 e. The third-order valence-electron chi connectivity index (χ3n) is 2.75. The fourth-order valence-electron chi connectivity index (χ4n) is 1.68. The Bertz CT molecular complexity index is 812. The molecule has 4 nitrogen and oxygen atoms in total. The Morgan fingerprint density at radius 2 is 1.95 bits per heavy atom. The molecule has 0 amide bonds. The van der Waals surface area contributed by atoms with E-state index >= 15 is 0 Å². The Hall–Kier alpha value is -1.31. The number of nitrogens with two attached hydrogens (primary N) is 1. The fraction of sp³-hybridized carbons (Fsp3) is 0.0769. The lowest BCUT2D eigenvalue weighted by Gasteiger charge is -2.12. The minimum absolute atomic E-state index is 0.0627. The summed E-state index contributed by atoms with van der Waals surface area (Å²) in [5.74, 6) is -1.04. The van der Waals surface area contributed by atoms with Crippen molar-refractivity contribution in [3.05, 3.63) is 51.2 Å². The van der Waals surface area contributed by atoms with Gasteiger partial charge in [-0.3, -0.25) is 4.72 Å². The van der Waals surface area contributed by atoms with Crippen LogP contribution in [0.1, 0.15) is 5.56 Å². The van der Waals surface area contributed by atoms with E-state index in [0.29, 0.717) is 15.7 Å². The number of anilines is 2. The Balaban J connectivity index is 2.51.